The number of carbonyl (C=O) groups is 2. The van der Waals surface area contributed by atoms with Crippen molar-refractivity contribution in [1.82, 2.24) is 4.98 Å². The summed E-state index contributed by atoms with van der Waals surface area (Å²) in [6.45, 7) is 2.06. The number of amides is 2. The van der Waals surface area contributed by atoms with Gasteiger partial charge in [0.1, 0.15) is 5.82 Å². The monoisotopic (exact) mass is 392 g/mol. The van der Waals surface area contributed by atoms with Gasteiger partial charge in [-0.1, -0.05) is 12.1 Å². The van der Waals surface area contributed by atoms with E-state index < -0.39 is 0 Å². The van der Waals surface area contributed by atoms with Crippen molar-refractivity contribution in [3.8, 4) is 0 Å². The van der Waals surface area contributed by atoms with E-state index in [-0.39, 0.29) is 11.8 Å². The zero-order valence-electron chi connectivity index (χ0n) is 15.2. The summed E-state index contributed by atoms with van der Waals surface area (Å²) >= 11 is 1.37. The fraction of sp³-hybridized carbons (Fsp3) is 0.190. The van der Waals surface area contributed by atoms with Gasteiger partial charge < -0.3 is 15.5 Å². The molecule has 0 unspecified atom stereocenters. The molecule has 2 N–H and O–H groups in total. The molecule has 0 aliphatic carbocycles. The first kappa shape index (κ1) is 18.2. The summed E-state index contributed by atoms with van der Waals surface area (Å²) in [5.41, 5.74) is 1.68. The second-order valence-electron chi connectivity index (χ2n) is 6.57. The number of pyridine rings is 1. The van der Waals surface area contributed by atoms with Crippen molar-refractivity contribution in [2.75, 3.05) is 28.6 Å². The minimum atomic E-state index is -0.247. The molecule has 4 rings (SSSR count). The van der Waals surface area contributed by atoms with E-state index in [1.165, 1.54) is 24.2 Å². The molecule has 1 aromatic carbocycles. The first-order valence-electron chi connectivity index (χ1n) is 9.16. The first-order chi connectivity index (χ1) is 13.7. The molecule has 0 atom stereocenters. The van der Waals surface area contributed by atoms with Crippen molar-refractivity contribution < 1.29 is 9.59 Å². The van der Waals surface area contributed by atoms with Crippen molar-refractivity contribution in [1.29, 1.82) is 0 Å². The highest BCUT2D eigenvalue weighted by Gasteiger charge is 2.14. The van der Waals surface area contributed by atoms with Crippen LogP contribution in [0.1, 0.15) is 32.9 Å². The van der Waals surface area contributed by atoms with Gasteiger partial charge in [-0.3, -0.25) is 9.59 Å². The van der Waals surface area contributed by atoms with E-state index >= 15 is 0 Å². The van der Waals surface area contributed by atoms with Gasteiger partial charge in [-0.2, -0.15) is 0 Å². The molecule has 142 valence electrons. The second-order valence-corrected chi connectivity index (χ2v) is 7.51. The lowest BCUT2D eigenvalue weighted by Gasteiger charge is -2.16. The number of benzene rings is 1. The molecule has 28 heavy (non-hydrogen) atoms. The van der Waals surface area contributed by atoms with Gasteiger partial charge in [0.05, 0.1) is 16.8 Å². The van der Waals surface area contributed by atoms with E-state index in [1.807, 2.05) is 23.6 Å². The van der Waals surface area contributed by atoms with Gasteiger partial charge in [0.2, 0.25) is 0 Å². The highest BCUT2D eigenvalue weighted by Crippen LogP contribution is 2.20. The Morgan fingerprint density at radius 2 is 1.75 bits per heavy atom. The van der Waals surface area contributed by atoms with E-state index in [4.69, 9.17) is 0 Å². The lowest BCUT2D eigenvalue weighted by Crippen LogP contribution is -2.19. The minimum Gasteiger partial charge on any atom is -0.357 e. The number of nitrogens with zero attached hydrogens (tertiary/aromatic N) is 2. The van der Waals surface area contributed by atoms with Crippen LogP contribution in [0.5, 0.6) is 0 Å². The van der Waals surface area contributed by atoms with Gasteiger partial charge in [-0.15, -0.1) is 11.3 Å². The van der Waals surface area contributed by atoms with E-state index in [0.29, 0.717) is 21.8 Å². The summed E-state index contributed by atoms with van der Waals surface area (Å²) in [6.07, 6.45) is 4.06. The number of nitrogens with one attached hydrogen (secondary N) is 2. The zero-order valence-corrected chi connectivity index (χ0v) is 16.0. The number of rotatable bonds is 5. The molecular formula is C21H20N4O2S. The van der Waals surface area contributed by atoms with Gasteiger partial charge in [0.25, 0.3) is 11.8 Å². The lowest BCUT2D eigenvalue weighted by molar-refractivity contribution is 0.101. The predicted octanol–water partition coefficient (Wildman–Crippen LogP) is 4.25. The third-order valence-electron chi connectivity index (χ3n) is 4.56. The third kappa shape index (κ3) is 4.20. The highest BCUT2D eigenvalue weighted by atomic mass is 32.1. The van der Waals surface area contributed by atoms with Gasteiger partial charge in [-0.25, -0.2) is 4.98 Å². The Bertz CT molecular complexity index is 964. The number of anilines is 3. The molecule has 7 heteroatoms. The smallest absolute Gasteiger partial charge is 0.265 e. The fourth-order valence-electron chi connectivity index (χ4n) is 3.14. The molecular weight excluding hydrogens is 372 g/mol. The topological polar surface area (TPSA) is 74.3 Å². The molecule has 0 radical (unpaired) electrons. The Kier molecular flexibility index (Phi) is 5.34. The van der Waals surface area contributed by atoms with Crippen LogP contribution in [0.15, 0.2) is 60.1 Å². The molecule has 0 saturated carbocycles. The second kappa shape index (κ2) is 8.22. The summed E-state index contributed by atoms with van der Waals surface area (Å²) in [7, 11) is 0. The quantitative estimate of drug-likeness (QED) is 0.681. The van der Waals surface area contributed by atoms with Crippen molar-refractivity contribution in [2.45, 2.75) is 12.8 Å². The summed E-state index contributed by atoms with van der Waals surface area (Å²) in [4.78, 5) is 32.1. The molecule has 2 amide bonds. The summed E-state index contributed by atoms with van der Waals surface area (Å²) in [6, 6.07) is 14.2. The van der Waals surface area contributed by atoms with Gasteiger partial charge in [0.15, 0.2) is 0 Å². The number of carbonyl (C=O) groups excluding carboxylic acids is 2. The Balaban J connectivity index is 1.41. The Hall–Kier alpha value is -3.19. The van der Waals surface area contributed by atoms with Crippen LogP contribution in [-0.4, -0.2) is 29.9 Å². The van der Waals surface area contributed by atoms with Crippen LogP contribution < -0.4 is 15.5 Å². The molecule has 0 bridgehead atoms. The van der Waals surface area contributed by atoms with Gasteiger partial charge in [0, 0.05) is 24.3 Å². The largest absolute Gasteiger partial charge is 0.357 e. The molecule has 2 aromatic heterocycles. The fourth-order valence-corrected chi connectivity index (χ4v) is 3.75. The minimum absolute atomic E-state index is 0.186. The van der Waals surface area contributed by atoms with Crippen LogP contribution in [-0.2, 0) is 0 Å². The lowest BCUT2D eigenvalue weighted by atomic mass is 10.2. The molecule has 1 fully saturated rings. The van der Waals surface area contributed by atoms with E-state index in [9.17, 15) is 9.59 Å². The van der Waals surface area contributed by atoms with Crippen LogP contribution in [0.2, 0.25) is 0 Å². The van der Waals surface area contributed by atoms with Crippen molar-refractivity contribution in [3.63, 3.8) is 0 Å². The van der Waals surface area contributed by atoms with E-state index in [1.54, 1.807) is 36.5 Å². The molecule has 1 aliphatic heterocycles. The van der Waals surface area contributed by atoms with Crippen LogP contribution in [0, 0.1) is 0 Å². The van der Waals surface area contributed by atoms with Crippen molar-refractivity contribution in [3.05, 3.63) is 70.5 Å². The molecule has 3 heterocycles. The van der Waals surface area contributed by atoms with E-state index in [2.05, 4.69) is 20.5 Å². The SMILES string of the molecule is O=C(Nc1ccc(N2CCCC2)nc1)c1cccc(NC(=O)c2cccs2)c1. The summed E-state index contributed by atoms with van der Waals surface area (Å²) in [5.74, 6) is 0.506. The standard InChI is InChI=1S/C21H20N4O2S/c26-20(24-17-8-9-19(22-14-17)25-10-1-2-11-25)15-5-3-6-16(13-15)23-21(27)18-7-4-12-28-18/h3-9,12-14H,1-2,10-11H2,(H,23,27)(H,24,26). The molecule has 0 spiro atoms. The molecule has 1 saturated heterocycles. The zero-order chi connectivity index (χ0) is 19.3. The predicted molar refractivity (Wildman–Crippen MR) is 112 cm³/mol. The number of hydrogen-bond donors (Lipinski definition) is 2. The Morgan fingerprint density at radius 3 is 2.46 bits per heavy atom. The van der Waals surface area contributed by atoms with Gasteiger partial charge >= 0.3 is 0 Å². The summed E-state index contributed by atoms with van der Waals surface area (Å²) < 4.78 is 0. The van der Waals surface area contributed by atoms with Crippen LogP contribution in [0.4, 0.5) is 17.2 Å². The third-order valence-corrected chi connectivity index (χ3v) is 5.43. The molecule has 6 nitrogen and oxygen atoms in total. The first-order valence-corrected chi connectivity index (χ1v) is 10.0. The van der Waals surface area contributed by atoms with Crippen LogP contribution in [0.25, 0.3) is 0 Å². The number of thiophene rings is 1. The maximum atomic E-state index is 12.6. The molecule has 1 aliphatic rings. The van der Waals surface area contributed by atoms with Crippen LogP contribution >= 0.6 is 11.3 Å². The van der Waals surface area contributed by atoms with Crippen molar-refractivity contribution >= 4 is 40.3 Å². The summed E-state index contributed by atoms with van der Waals surface area (Å²) in [5, 5.41) is 7.52. The van der Waals surface area contributed by atoms with Crippen molar-refractivity contribution in [2.24, 2.45) is 0 Å². The maximum absolute atomic E-state index is 12.6. The van der Waals surface area contributed by atoms with Gasteiger partial charge in [-0.05, 0) is 54.6 Å². The van der Waals surface area contributed by atoms with Crippen LogP contribution in [0.3, 0.4) is 0 Å². The maximum Gasteiger partial charge on any atom is 0.265 e. The highest BCUT2D eigenvalue weighted by molar-refractivity contribution is 7.12. The molecule has 3 aromatic rings. The average Bonchev–Trinajstić information content (AvgIpc) is 3.43. The number of hydrogen-bond acceptors (Lipinski definition) is 5. The Labute approximate surface area is 167 Å². The normalized spacial score (nSPS) is 13.4. The number of aromatic nitrogens is 1. The Morgan fingerprint density at radius 1 is 0.929 bits per heavy atom. The van der Waals surface area contributed by atoms with E-state index in [0.717, 1.165) is 18.9 Å². The average molecular weight is 392 g/mol.